The zero-order valence-electron chi connectivity index (χ0n) is 8.62. The lowest BCUT2D eigenvalue weighted by Crippen LogP contribution is -2.32. The molecule has 3 nitrogen and oxygen atoms in total. The molecule has 0 aromatic carbocycles. The Balaban J connectivity index is 2.31. The van der Waals surface area contributed by atoms with Crippen LogP contribution in [-0.2, 0) is 4.79 Å². The van der Waals surface area contributed by atoms with Crippen molar-refractivity contribution in [2.75, 3.05) is 13.1 Å². The smallest absolute Gasteiger partial charge is 0.222 e. The van der Waals surface area contributed by atoms with E-state index < -0.39 is 0 Å². The minimum Gasteiger partial charge on any atom is -0.341 e. The number of carbonyl (C=O) groups excluding carboxylic acids is 1. The molecule has 1 fully saturated rings. The van der Waals surface area contributed by atoms with Gasteiger partial charge in [0.15, 0.2) is 0 Å². The second kappa shape index (κ2) is 4.61. The fourth-order valence-electron chi connectivity index (χ4n) is 1.59. The molecule has 76 valence electrons. The number of hydrogen-bond acceptors (Lipinski definition) is 2. The van der Waals surface area contributed by atoms with Gasteiger partial charge in [0.2, 0.25) is 5.91 Å². The molecule has 0 spiro atoms. The molecule has 1 rings (SSSR count). The molecule has 2 N–H and O–H groups in total. The standard InChI is InChI=1S/C10H20N2O/c1-3-8(2)6-10(13)12-5-4-9(11)7-12/h8-9H,3-7,11H2,1-2H3/t8-,9+/m1/s1. The number of nitrogens with zero attached hydrogens (tertiary/aromatic N) is 1. The van der Waals surface area contributed by atoms with Crippen molar-refractivity contribution < 1.29 is 4.79 Å². The van der Waals surface area contributed by atoms with Crippen LogP contribution in [0.2, 0.25) is 0 Å². The minimum atomic E-state index is 0.209. The minimum absolute atomic E-state index is 0.209. The van der Waals surface area contributed by atoms with E-state index in [1.54, 1.807) is 0 Å². The van der Waals surface area contributed by atoms with Gasteiger partial charge in [-0.2, -0.15) is 0 Å². The van der Waals surface area contributed by atoms with E-state index in [0.717, 1.165) is 25.9 Å². The van der Waals surface area contributed by atoms with Gasteiger partial charge in [-0.05, 0) is 12.3 Å². The fraction of sp³-hybridized carbons (Fsp3) is 0.900. The van der Waals surface area contributed by atoms with E-state index in [1.807, 2.05) is 4.90 Å². The Hall–Kier alpha value is -0.570. The first kappa shape index (κ1) is 10.5. The summed E-state index contributed by atoms with van der Waals surface area (Å²) in [6, 6.07) is 0.209. The maximum atomic E-state index is 11.6. The highest BCUT2D eigenvalue weighted by atomic mass is 16.2. The van der Waals surface area contributed by atoms with Crippen molar-refractivity contribution in [3.63, 3.8) is 0 Å². The van der Waals surface area contributed by atoms with Gasteiger partial charge >= 0.3 is 0 Å². The predicted octanol–water partition coefficient (Wildman–Crippen LogP) is 0.982. The highest BCUT2D eigenvalue weighted by Crippen LogP contribution is 2.13. The zero-order valence-corrected chi connectivity index (χ0v) is 8.62. The van der Waals surface area contributed by atoms with Crippen LogP contribution in [0.5, 0.6) is 0 Å². The maximum absolute atomic E-state index is 11.6. The van der Waals surface area contributed by atoms with E-state index in [4.69, 9.17) is 5.73 Å². The summed E-state index contributed by atoms with van der Waals surface area (Å²) in [6.45, 7) is 5.85. The largest absolute Gasteiger partial charge is 0.341 e. The van der Waals surface area contributed by atoms with Gasteiger partial charge in [-0.3, -0.25) is 4.79 Å². The van der Waals surface area contributed by atoms with Gasteiger partial charge in [-0.15, -0.1) is 0 Å². The normalized spacial score (nSPS) is 24.8. The predicted molar refractivity (Wildman–Crippen MR) is 53.2 cm³/mol. The van der Waals surface area contributed by atoms with Crippen LogP contribution in [0.3, 0.4) is 0 Å². The van der Waals surface area contributed by atoms with Crippen LogP contribution in [-0.4, -0.2) is 29.9 Å². The van der Waals surface area contributed by atoms with Gasteiger partial charge in [0, 0.05) is 25.6 Å². The van der Waals surface area contributed by atoms with Gasteiger partial charge in [-0.25, -0.2) is 0 Å². The highest BCUT2D eigenvalue weighted by Gasteiger charge is 2.23. The summed E-state index contributed by atoms with van der Waals surface area (Å²) in [5, 5.41) is 0. The summed E-state index contributed by atoms with van der Waals surface area (Å²) < 4.78 is 0. The summed E-state index contributed by atoms with van der Waals surface area (Å²) >= 11 is 0. The monoisotopic (exact) mass is 184 g/mol. The summed E-state index contributed by atoms with van der Waals surface area (Å²) in [4.78, 5) is 13.5. The molecule has 0 bridgehead atoms. The topological polar surface area (TPSA) is 46.3 Å². The van der Waals surface area contributed by atoms with Crippen molar-refractivity contribution in [2.24, 2.45) is 11.7 Å². The first-order chi connectivity index (χ1) is 6.13. The van der Waals surface area contributed by atoms with Crippen molar-refractivity contribution in [3.8, 4) is 0 Å². The average molecular weight is 184 g/mol. The Morgan fingerprint density at radius 1 is 1.69 bits per heavy atom. The molecule has 0 saturated carbocycles. The number of rotatable bonds is 3. The second-order valence-corrected chi connectivity index (χ2v) is 4.11. The summed E-state index contributed by atoms with van der Waals surface area (Å²) in [6.07, 6.45) is 2.72. The van der Waals surface area contributed by atoms with Crippen LogP contribution < -0.4 is 5.73 Å². The van der Waals surface area contributed by atoms with E-state index >= 15 is 0 Å². The zero-order chi connectivity index (χ0) is 9.84. The SMILES string of the molecule is CC[C@@H](C)CC(=O)N1CC[C@H](N)C1. The molecule has 0 aromatic heterocycles. The molecule has 0 aliphatic carbocycles. The molecule has 1 saturated heterocycles. The van der Waals surface area contributed by atoms with Gasteiger partial charge in [0.25, 0.3) is 0 Å². The van der Waals surface area contributed by atoms with E-state index in [0.29, 0.717) is 12.3 Å². The molecule has 2 atom stereocenters. The molecule has 0 unspecified atom stereocenters. The van der Waals surface area contributed by atoms with Crippen LogP contribution in [0.15, 0.2) is 0 Å². The molecule has 3 heteroatoms. The third-order valence-electron chi connectivity index (χ3n) is 2.80. The lowest BCUT2D eigenvalue weighted by molar-refractivity contribution is -0.131. The quantitative estimate of drug-likeness (QED) is 0.710. The Morgan fingerprint density at radius 2 is 2.38 bits per heavy atom. The third kappa shape index (κ3) is 2.99. The Labute approximate surface area is 80.3 Å². The van der Waals surface area contributed by atoms with Crippen LogP contribution in [0.1, 0.15) is 33.1 Å². The Kier molecular flexibility index (Phi) is 3.72. The molecule has 1 amide bonds. The average Bonchev–Trinajstić information content (AvgIpc) is 2.51. The van der Waals surface area contributed by atoms with E-state index in [-0.39, 0.29) is 11.9 Å². The summed E-state index contributed by atoms with van der Waals surface area (Å²) in [5.74, 6) is 0.784. The van der Waals surface area contributed by atoms with E-state index in [2.05, 4.69) is 13.8 Å². The second-order valence-electron chi connectivity index (χ2n) is 4.11. The first-order valence-corrected chi connectivity index (χ1v) is 5.16. The van der Waals surface area contributed by atoms with Crippen molar-refractivity contribution in [3.05, 3.63) is 0 Å². The van der Waals surface area contributed by atoms with Crippen LogP contribution in [0.25, 0.3) is 0 Å². The molecule has 1 heterocycles. The maximum Gasteiger partial charge on any atom is 0.222 e. The van der Waals surface area contributed by atoms with Crippen LogP contribution >= 0.6 is 0 Å². The van der Waals surface area contributed by atoms with E-state index in [9.17, 15) is 4.79 Å². The third-order valence-corrected chi connectivity index (χ3v) is 2.80. The number of nitrogens with two attached hydrogens (primary N) is 1. The molecule has 1 aliphatic heterocycles. The Morgan fingerprint density at radius 3 is 2.85 bits per heavy atom. The number of likely N-dealkylation sites (tertiary alicyclic amines) is 1. The highest BCUT2D eigenvalue weighted by molar-refractivity contribution is 5.76. The van der Waals surface area contributed by atoms with E-state index in [1.165, 1.54) is 0 Å². The summed E-state index contributed by atoms with van der Waals surface area (Å²) in [7, 11) is 0. The number of amides is 1. The molecule has 0 aromatic rings. The Bertz CT molecular complexity index is 182. The van der Waals surface area contributed by atoms with Crippen molar-refractivity contribution in [1.29, 1.82) is 0 Å². The first-order valence-electron chi connectivity index (χ1n) is 5.16. The fourth-order valence-corrected chi connectivity index (χ4v) is 1.59. The molecule has 0 radical (unpaired) electrons. The molecule has 13 heavy (non-hydrogen) atoms. The summed E-state index contributed by atoms with van der Waals surface area (Å²) in [5.41, 5.74) is 5.73. The lowest BCUT2D eigenvalue weighted by atomic mass is 10.0. The van der Waals surface area contributed by atoms with Crippen LogP contribution in [0.4, 0.5) is 0 Å². The lowest BCUT2D eigenvalue weighted by Gasteiger charge is -2.17. The molecular weight excluding hydrogens is 164 g/mol. The molecular formula is C10H20N2O. The van der Waals surface area contributed by atoms with Gasteiger partial charge < -0.3 is 10.6 Å². The van der Waals surface area contributed by atoms with Gasteiger partial charge in [-0.1, -0.05) is 20.3 Å². The van der Waals surface area contributed by atoms with Crippen LogP contribution in [0, 0.1) is 5.92 Å². The number of hydrogen-bond donors (Lipinski definition) is 1. The van der Waals surface area contributed by atoms with Crippen molar-refractivity contribution in [2.45, 2.75) is 39.2 Å². The van der Waals surface area contributed by atoms with Gasteiger partial charge in [0.05, 0.1) is 0 Å². The number of carbonyl (C=O) groups is 1. The van der Waals surface area contributed by atoms with Crippen molar-refractivity contribution in [1.82, 2.24) is 4.90 Å². The van der Waals surface area contributed by atoms with Crippen molar-refractivity contribution >= 4 is 5.91 Å². The van der Waals surface area contributed by atoms with Gasteiger partial charge in [0.1, 0.15) is 0 Å². The molecule has 1 aliphatic rings.